The fourth-order valence-electron chi connectivity index (χ4n) is 1.94. The van der Waals surface area contributed by atoms with Crippen molar-refractivity contribution in [3.8, 4) is 17.7 Å². The van der Waals surface area contributed by atoms with E-state index >= 15 is 0 Å². The average Bonchev–Trinajstić information content (AvgIpc) is 2.38. The summed E-state index contributed by atoms with van der Waals surface area (Å²) in [5, 5.41) is 9.34. The van der Waals surface area contributed by atoms with Gasteiger partial charge in [0, 0.05) is 5.56 Å². The molecule has 0 aliphatic rings. The van der Waals surface area contributed by atoms with Crippen molar-refractivity contribution in [3.63, 3.8) is 0 Å². The van der Waals surface area contributed by atoms with Gasteiger partial charge >= 0.3 is 0 Å². The van der Waals surface area contributed by atoms with Crippen LogP contribution in [-0.4, -0.2) is 9.97 Å². The molecule has 0 bridgehead atoms. The van der Waals surface area contributed by atoms with Crippen molar-refractivity contribution < 1.29 is 4.74 Å². The van der Waals surface area contributed by atoms with Gasteiger partial charge in [-0.1, -0.05) is 11.6 Å². The minimum absolute atomic E-state index is 0.386. The molecule has 5 heteroatoms. The van der Waals surface area contributed by atoms with E-state index in [1.807, 2.05) is 20.8 Å². The number of halogens is 1. The molecule has 2 rings (SSSR count). The first kappa shape index (κ1) is 14.3. The van der Waals surface area contributed by atoms with Crippen molar-refractivity contribution in [2.24, 2.45) is 0 Å². The highest BCUT2D eigenvalue weighted by Gasteiger charge is 2.13. The van der Waals surface area contributed by atoms with Gasteiger partial charge in [0.25, 0.3) is 0 Å². The van der Waals surface area contributed by atoms with Gasteiger partial charge in [0.1, 0.15) is 16.7 Å². The second kappa shape index (κ2) is 5.48. The first-order valence-electron chi connectivity index (χ1n) is 6.12. The van der Waals surface area contributed by atoms with E-state index in [4.69, 9.17) is 21.6 Å². The Morgan fingerprint density at radius 2 is 1.70 bits per heavy atom. The third-order valence-electron chi connectivity index (χ3n) is 2.94. The van der Waals surface area contributed by atoms with E-state index in [-0.39, 0.29) is 0 Å². The number of hydrogen-bond acceptors (Lipinski definition) is 4. The molecule has 0 atom stereocenters. The summed E-state index contributed by atoms with van der Waals surface area (Å²) >= 11 is 6.04. The van der Waals surface area contributed by atoms with Gasteiger partial charge in [-0.3, -0.25) is 0 Å². The summed E-state index contributed by atoms with van der Waals surface area (Å²) in [5.74, 6) is 1.69. The van der Waals surface area contributed by atoms with E-state index in [1.54, 1.807) is 19.1 Å². The first-order chi connectivity index (χ1) is 9.42. The highest BCUT2D eigenvalue weighted by Crippen LogP contribution is 2.32. The lowest BCUT2D eigenvalue weighted by Crippen LogP contribution is -2.00. The molecule has 0 radical (unpaired) electrons. The Hall–Kier alpha value is -2.12. The van der Waals surface area contributed by atoms with Crippen LogP contribution in [0.1, 0.15) is 28.1 Å². The maximum absolute atomic E-state index is 8.96. The summed E-state index contributed by atoms with van der Waals surface area (Å²) < 4.78 is 5.89. The molecule has 0 saturated heterocycles. The van der Waals surface area contributed by atoms with E-state index in [0.717, 1.165) is 11.1 Å². The molecule has 0 fully saturated rings. The zero-order valence-electron chi connectivity index (χ0n) is 11.8. The van der Waals surface area contributed by atoms with E-state index in [0.29, 0.717) is 33.7 Å². The van der Waals surface area contributed by atoms with Crippen LogP contribution in [-0.2, 0) is 0 Å². The molecule has 102 valence electrons. The molecule has 0 unspecified atom stereocenters. The average molecular weight is 288 g/mol. The molecule has 20 heavy (non-hydrogen) atoms. The molecular formula is C15H14ClN3O. The highest BCUT2D eigenvalue weighted by molar-refractivity contribution is 6.30. The lowest BCUT2D eigenvalue weighted by molar-refractivity contribution is 0.449. The number of aryl methyl sites for hydroxylation is 3. The lowest BCUT2D eigenvalue weighted by Gasteiger charge is -2.13. The van der Waals surface area contributed by atoms with Crippen molar-refractivity contribution in [2.75, 3.05) is 0 Å². The Kier molecular flexibility index (Phi) is 3.91. The lowest BCUT2D eigenvalue weighted by atomic mass is 10.1. The van der Waals surface area contributed by atoms with Crippen LogP contribution < -0.4 is 4.74 Å². The van der Waals surface area contributed by atoms with Crippen LogP contribution in [0.2, 0.25) is 5.15 Å². The predicted molar refractivity (Wildman–Crippen MR) is 77.2 cm³/mol. The third kappa shape index (κ3) is 2.73. The fraction of sp³-hybridized carbons (Fsp3) is 0.267. The SMILES string of the molecule is Cc1nc(Cl)c(C)c(Oc2c(C)cc(C#N)cc2C)n1. The number of benzene rings is 1. The molecular weight excluding hydrogens is 274 g/mol. The van der Waals surface area contributed by atoms with Gasteiger partial charge in [0.15, 0.2) is 0 Å². The second-order valence-electron chi connectivity index (χ2n) is 4.64. The van der Waals surface area contributed by atoms with E-state index in [1.165, 1.54) is 0 Å². The van der Waals surface area contributed by atoms with Gasteiger partial charge in [-0.15, -0.1) is 0 Å². The van der Waals surface area contributed by atoms with E-state index in [9.17, 15) is 0 Å². The Bertz CT molecular complexity index is 697. The van der Waals surface area contributed by atoms with Crippen LogP contribution in [0.4, 0.5) is 0 Å². The summed E-state index contributed by atoms with van der Waals surface area (Å²) in [6.07, 6.45) is 0. The molecule has 1 aromatic carbocycles. The Balaban J connectivity index is 2.49. The maximum atomic E-state index is 8.96. The van der Waals surface area contributed by atoms with E-state index < -0.39 is 0 Å². The molecule has 0 spiro atoms. The standard InChI is InChI=1S/C15H14ClN3O/c1-8-5-12(7-17)6-9(2)13(8)20-15-10(3)14(16)18-11(4)19-15/h5-6H,1-4H3. The largest absolute Gasteiger partial charge is 0.438 e. The zero-order valence-corrected chi connectivity index (χ0v) is 12.5. The number of aromatic nitrogens is 2. The monoisotopic (exact) mass is 287 g/mol. The summed E-state index contributed by atoms with van der Waals surface area (Å²) in [6.45, 7) is 7.37. The van der Waals surface area contributed by atoms with Gasteiger partial charge < -0.3 is 4.74 Å². The molecule has 1 heterocycles. The molecule has 0 aliphatic carbocycles. The molecule has 4 nitrogen and oxygen atoms in total. The quantitative estimate of drug-likeness (QED) is 0.783. The van der Waals surface area contributed by atoms with Gasteiger partial charge in [0.05, 0.1) is 11.6 Å². The second-order valence-corrected chi connectivity index (χ2v) is 5.00. The van der Waals surface area contributed by atoms with Gasteiger partial charge in [-0.25, -0.2) is 4.98 Å². The van der Waals surface area contributed by atoms with Crippen molar-refractivity contribution in [3.05, 3.63) is 45.4 Å². The predicted octanol–water partition coefficient (Wildman–Crippen LogP) is 4.03. The van der Waals surface area contributed by atoms with Crippen molar-refractivity contribution in [1.82, 2.24) is 9.97 Å². The van der Waals surface area contributed by atoms with Crippen molar-refractivity contribution >= 4 is 11.6 Å². The molecule has 1 aromatic heterocycles. The van der Waals surface area contributed by atoms with Crippen molar-refractivity contribution in [1.29, 1.82) is 5.26 Å². The Morgan fingerprint density at radius 1 is 1.10 bits per heavy atom. The number of ether oxygens (including phenoxy) is 1. The molecule has 2 aromatic rings. The Labute approximate surface area is 123 Å². The molecule has 0 aliphatic heterocycles. The van der Waals surface area contributed by atoms with Crippen LogP contribution in [0.25, 0.3) is 0 Å². The third-order valence-corrected chi connectivity index (χ3v) is 3.31. The molecule has 0 saturated carbocycles. The minimum Gasteiger partial charge on any atom is -0.438 e. The van der Waals surface area contributed by atoms with Crippen LogP contribution in [0, 0.1) is 39.0 Å². The number of rotatable bonds is 2. The normalized spacial score (nSPS) is 10.2. The number of nitriles is 1. The van der Waals surface area contributed by atoms with Crippen LogP contribution in [0.3, 0.4) is 0 Å². The van der Waals surface area contributed by atoms with Gasteiger partial charge in [0.2, 0.25) is 5.88 Å². The number of hydrogen-bond donors (Lipinski definition) is 0. The topological polar surface area (TPSA) is 58.8 Å². The smallest absolute Gasteiger partial charge is 0.227 e. The first-order valence-corrected chi connectivity index (χ1v) is 6.50. The molecule has 0 amide bonds. The zero-order chi connectivity index (χ0) is 14.9. The summed E-state index contributed by atoms with van der Waals surface area (Å²) in [5.41, 5.74) is 3.07. The van der Waals surface area contributed by atoms with Gasteiger partial charge in [-0.05, 0) is 51.0 Å². The highest BCUT2D eigenvalue weighted by atomic mass is 35.5. The Morgan fingerprint density at radius 3 is 2.25 bits per heavy atom. The summed E-state index contributed by atoms with van der Waals surface area (Å²) in [6, 6.07) is 5.70. The summed E-state index contributed by atoms with van der Waals surface area (Å²) in [4.78, 5) is 8.35. The van der Waals surface area contributed by atoms with E-state index in [2.05, 4.69) is 16.0 Å². The van der Waals surface area contributed by atoms with Crippen molar-refractivity contribution in [2.45, 2.75) is 27.7 Å². The fourth-order valence-corrected chi connectivity index (χ4v) is 2.14. The summed E-state index contributed by atoms with van der Waals surface area (Å²) in [7, 11) is 0. The minimum atomic E-state index is 0.386. The van der Waals surface area contributed by atoms with Crippen LogP contribution in [0.15, 0.2) is 12.1 Å². The number of nitrogens with zero attached hydrogens (tertiary/aromatic N) is 3. The molecule has 0 N–H and O–H groups in total. The van der Waals surface area contributed by atoms with Crippen LogP contribution >= 0.6 is 11.6 Å². The maximum Gasteiger partial charge on any atom is 0.227 e. The van der Waals surface area contributed by atoms with Crippen LogP contribution in [0.5, 0.6) is 11.6 Å². The van der Waals surface area contributed by atoms with Gasteiger partial charge in [-0.2, -0.15) is 10.2 Å².